The number of cyclic esters (lactones) is 1. The first-order valence-electron chi connectivity index (χ1n) is 5.06. The molecular weight excluding hydrogens is 226 g/mol. The molecule has 2 rings (SSSR count). The number of nitrogens with zero attached hydrogens (tertiary/aromatic N) is 1. The molecular formula is C11H11NO5. The predicted molar refractivity (Wildman–Crippen MR) is 58.3 cm³/mol. The highest BCUT2D eigenvalue weighted by molar-refractivity contribution is 5.89. The van der Waals surface area contributed by atoms with Crippen molar-refractivity contribution in [3.8, 4) is 5.75 Å². The highest BCUT2D eigenvalue weighted by Gasteiger charge is 2.23. The lowest BCUT2D eigenvalue weighted by Gasteiger charge is -2.12. The standard InChI is InChI=1S/C11H11NO5/c13-10(14)7-17-9-3-1-8(2-4-9)12-5-6-16-11(12)15/h1-4H,5-7H2,(H,13,14). The number of aliphatic carboxylic acids is 1. The summed E-state index contributed by atoms with van der Waals surface area (Å²) < 4.78 is 9.78. The van der Waals surface area contributed by atoms with E-state index in [0.29, 0.717) is 24.6 Å². The number of carbonyl (C=O) groups excluding carboxylic acids is 1. The van der Waals surface area contributed by atoms with E-state index in [0.717, 1.165) is 0 Å². The maximum atomic E-state index is 11.3. The van der Waals surface area contributed by atoms with Gasteiger partial charge in [0.2, 0.25) is 0 Å². The van der Waals surface area contributed by atoms with Gasteiger partial charge in [-0.3, -0.25) is 4.90 Å². The molecule has 1 N–H and O–H groups in total. The number of anilines is 1. The third-order valence-corrected chi connectivity index (χ3v) is 2.27. The summed E-state index contributed by atoms with van der Waals surface area (Å²) in [5, 5.41) is 8.44. The Kier molecular flexibility index (Phi) is 3.13. The molecule has 0 unspecified atom stereocenters. The van der Waals surface area contributed by atoms with E-state index in [1.54, 1.807) is 24.3 Å². The topological polar surface area (TPSA) is 76.1 Å². The maximum absolute atomic E-state index is 11.3. The Morgan fingerprint density at radius 2 is 2.12 bits per heavy atom. The van der Waals surface area contributed by atoms with Gasteiger partial charge >= 0.3 is 12.1 Å². The summed E-state index contributed by atoms with van der Waals surface area (Å²) in [6, 6.07) is 6.60. The van der Waals surface area contributed by atoms with E-state index < -0.39 is 5.97 Å². The molecule has 1 fully saturated rings. The van der Waals surface area contributed by atoms with Crippen LogP contribution < -0.4 is 9.64 Å². The van der Waals surface area contributed by atoms with E-state index in [1.165, 1.54) is 4.90 Å². The molecule has 1 aliphatic heterocycles. The van der Waals surface area contributed by atoms with Crippen LogP contribution in [0.1, 0.15) is 0 Å². The van der Waals surface area contributed by atoms with Crippen molar-refractivity contribution in [2.45, 2.75) is 0 Å². The smallest absolute Gasteiger partial charge is 0.414 e. The first-order valence-corrected chi connectivity index (χ1v) is 5.06. The average Bonchev–Trinajstić information content (AvgIpc) is 2.73. The van der Waals surface area contributed by atoms with Crippen LogP contribution in [0.15, 0.2) is 24.3 Å². The summed E-state index contributed by atoms with van der Waals surface area (Å²) in [7, 11) is 0. The van der Waals surface area contributed by atoms with Crippen LogP contribution in [0.2, 0.25) is 0 Å². The molecule has 1 aromatic rings. The molecule has 0 spiro atoms. The van der Waals surface area contributed by atoms with Crippen LogP contribution in [0.4, 0.5) is 10.5 Å². The van der Waals surface area contributed by atoms with Crippen molar-refractivity contribution in [1.82, 2.24) is 0 Å². The zero-order valence-electron chi connectivity index (χ0n) is 8.96. The quantitative estimate of drug-likeness (QED) is 0.848. The van der Waals surface area contributed by atoms with Gasteiger partial charge in [0, 0.05) is 5.69 Å². The Bertz CT molecular complexity index is 428. The average molecular weight is 237 g/mol. The lowest BCUT2D eigenvalue weighted by atomic mass is 10.3. The number of ether oxygens (including phenoxy) is 2. The second kappa shape index (κ2) is 4.73. The molecule has 1 saturated heterocycles. The molecule has 0 atom stereocenters. The molecule has 1 heterocycles. The van der Waals surface area contributed by atoms with Gasteiger partial charge in [0.25, 0.3) is 0 Å². The fourth-order valence-electron chi connectivity index (χ4n) is 1.50. The Hall–Kier alpha value is -2.24. The van der Waals surface area contributed by atoms with Gasteiger partial charge < -0.3 is 14.6 Å². The Morgan fingerprint density at radius 3 is 2.65 bits per heavy atom. The molecule has 1 aromatic carbocycles. The van der Waals surface area contributed by atoms with Crippen molar-refractivity contribution >= 4 is 17.7 Å². The van der Waals surface area contributed by atoms with Gasteiger partial charge in [0.15, 0.2) is 6.61 Å². The Balaban J connectivity index is 2.02. The molecule has 17 heavy (non-hydrogen) atoms. The summed E-state index contributed by atoms with van der Waals surface area (Å²) in [5.74, 6) is -0.582. The highest BCUT2D eigenvalue weighted by Crippen LogP contribution is 2.21. The predicted octanol–water partition coefficient (Wildman–Crippen LogP) is 1.11. The number of carbonyl (C=O) groups is 2. The van der Waals surface area contributed by atoms with Gasteiger partial charge in [-0.1, -0.05) is 0 Å². The molecule has 0 aliphatic carbocycles. The van der Waals surface area contributed by atoms with E-state index >= 15 is 0 Å². The van der Waals surface area contributed by atoms with Crippen LogP contribution in [0, 0.1) is 0 Å². The molecule has 1 amide bonds. The van der Waals surface area contributed by atoms with E-state index in [9.17, 15) is 9.59 Å². The van der Waals surface area contributed by atoms with Crippen LogP contribution in [-0.4, -0.2) is 36.9 Å². The monoisotopic (exact) mass is 237 g/mol. The molecule has 6 nitrogen and oxygen atoms in total. The van der Waals surface area contributed by atoms with Crippen LogP contribution in [-0.2, 0) is 9.53 Å². The van der Waals surface area contributed by atoms with Crippen molar-refractivity contribution in [2.75, 3.05) is 24.7 Å². The van der Waals surface area contributed by atoms with E-state index in [1.807, 2.05) is 0 Å². The zero-order valence-corrected chi connectivity index (χ0v) is 8.96. The Labute approximate surface area is 97.4 Å². The highest BCUT2D eigenvalue weighted by atomic mass is 16.6. The van der Waals surface area contributed by atoms with Gasteiger partial charge in [0.05, 0.1) is 6.54 Å². The fourth-order valence-corrected chi connectivity index (χ4v) is 1.50. The number of hydrogen-bond acceptors (Lipinski definition) is 4. The first kappa shape index (κ1) is 11.3. The van der Waals surface area contributed by atoms with Gasteiger partial charge in [-0.25, -0.2) is 9.59 Å². The third-order valence-electron chi connectivity index (χ3n) is 2.27. The lowest BCUT2D eigenvalue weighted by Crippen LogP contribution is -2.23. The molecule has 0 bridgehead atoms. The first-order chi connectivity index (χ1) is 8.16. The van der Waals surface area contributed by atoms with Crippen molar-refractivity contribution < 1.29 is 24.2 Å². The number of carboxylic acid groups (broad SMARTS) is 1. The second-order valence-corrected chi connectivity index (χ2v) is 3.44. The van der Waals surface area contributed by atoms with Gasteiger partial charge in [0.1, 0.15) is 12.4 Å². The minimum Gasteiger partial charge on any atom is -0.482 e. The van der Waals surface area contributed by atoms with Crippen molar-refractivity contribution in [2.24, 2.45) is 0 Å². The van der Waals surface area contributed by atoms with E-state index in [2.05, 4.69) is 0 Å². The third kappa shape index (κ3) is 2.66. The Morgan fingerprint density at radius 1 is 1.41 bits per heavy atom. The van der Waals surface area contributed by atoms with Gasteiger partial charge in [-0.05, 0) is 24.3 Å². The maximum Gasteiger partial charge on any atom is 0.414 e. The molecule has 6 heteroatoms. The summed E-state index contributed by atoms with van der Waals surface area (Å²) in [4.78, 5) is 23.1. The zero-order chi connectivity index (χ0) is 12.3. The summed E-state index contributed by atoms with van der Waals surface area (Å²) in [5.41, 5.74) is 0.704. The summed E-state index contributed by atoms with van der Waals surface area (Å²) >= 11 is 0. The number of hydrogen-bond donors (Lipinski definition) is 1. The number of carboxylic acids is 1. The molecule has 90 valence electrons. The minimum absolute atomic E-state index is 0.371. The molecule has 0 aromatic heterocycles. The lowest BCUT2D eigenvalue weighted by molar-refractivity contribution is -0.139. The summed E-state index contributed by atoms with van der Waals surface area (Å²) in [6.45, 7) is 0.523. The summed E-state index contributed by atoms with van der Waals surface area (Å²) in [6.07, 6.45) is -0.371. The van der Waals surface area contributed by atoms with Gasteiger partial charge in [-0.15, -0.1) is 0 Å². The number of benzene rings is 1. The van der Waals surface area contributed by atoms with E-state index in [4.69, 9.17) is 14.6 Å². The van der Waals surface area contributed by atoms with Crippen LogP contribution >= 0.6 is 0 Å². The van der Waals surface area contributed by atoms with Crippen LogP contribution in [0.5, 0.6) is 5.75 Å². The van der Waals surface area contributed by atoms with Crippen molar-refractivity contribution in [1.29, 1.82) is 0 Å². The number of rotatable bonds is 4. The van der Waals surface area contributed by atoms with Gasteiger partial charge in [-0.2, -0.15) is 0 Å². The fraction of sp³-hybridized carbons (Fsp3) is 0.273. The molecule has 0 saturated carbocycles. The SMILES string of the molecule is O=C(O)COc1ccc(N2CCOC2=O)cc1. The molecule has 1 aliphatic rings. The van der Waals surface area contributed by atoms with Crippen molar-refractivity contribution in [3.63, 3.8) is 0 Å². The van der Waals surface area contributed by atoms with Crippen LogP contribution in [0.25, 0.3) is 0 Å². The van der Waals surface area contributed by atoms with Crippen LogP contribution in [0.3, 0.4) is 0 Å². The van der Waals surface area contributed by atoms with Crippen molar-refractivity contribution in [3.05, 3.63) is 24.3 Å². The second-order valence-electron chi connectivity index (χ2n) is 3.44. The largest absolute Gasteiger partial charge is 0.482 e. The van der Waals surface area contributed by atoms with E-state index in [-0.39, 0.29) is 12.7 Å². The number of amides is 1. The normalized spacial score (nSPS) is 14.6. The molecule has 0 radical (unpaired) electrons. The minimum atomic E-state index is -1.03.